The number of carboxylic acids is 1. The molecule has 306 valence electrons. The van der Waals surface area contributed by atoms with E-state index in [1.807, 2.05) is 31.2 Å². The summed E-state index contributed by atoms with van der Waals surface area (Å²) in [5.41, 5.74) is 6.92. The first-order valence-electron chi connectivity index (χ1n) is 18.5. The number of para-hydroxylation sites is 2. The second-order valence-electron chi connectivity index (χ2n) is 14.2. The van der Waals surface area contributed by atoms with Crippen molar-refractivity contribution in [3.8, 4) is 0 Å². The fourth-order valence-electron chi connectivity index (χ4n) is 7.32. The Morgan fingerprint density at radius 3 is 2.03 bits per heavy atom. The Hall–Kier alpha value is -5.67. The zero-order valence-electron chi connectivity index (χ0n) is 31.9. The van der Waals surface area contributed by atoms with Gasteiger partial charge in [-0.2, -0.15) is 0 Å². The van der Waals surface area contributed by atoms with E-state index in [0.717, 1.165) is 53.5 Å². The van der Waals surface area contributed by atoms with Crippen LogP contribution in [0.2, 0.25) is 0 Å². The maximum absolute atomic E-state index is 11.8. The van der Waals surface area contributed by atoms with Crippen LogP contribution in [0.3, 0.4) is 0 Å². The summed E-state index contributed by atoms with van der Waals surface area (Å²) in [5.74, 6) is -1.17. The van der Waals surface area contributed by atoms with Crippen LogP contribution in [-0.4, -0.2) is 78.4 Å². The number of sulfone groups is 2. The number of rotatable bonds is 8. The maximum Gasteiger partial charge on any atom is 0.310 e. The minimum absolute atomic E-state index is 0. The van der Waals surface area contributed by atoms with Gasteiger partial charge in [0.15, 0.2) is 26.0 Å². The molecule has 15 heteroatoms. The van der Waals surface area contributed by atoms with Gasteiger partial charge < -0.3 is 19.0 Å². The van der Waals surface area contributed by atoms with E-state index in [1.165, 1.54) is 47.4 Å². The number of carbonyl (C=O) groups is 3. The van der Waals surface area contributed by atoms with E-state index in [0.29, 0.717) is 38.7 Å². The molecular formula is C43H48N4O9S2. The first kappa shape index (κ1) is 43.5. The molecule has 2 aromatic carbocycles. The lowest BCUT2D eigenvalue weighted by atomic mass is 9.95. The Kier molecular flexibility index (Phi) is 13.7. The molecule has 2 atom stereocenters. The number of nitrogens with zero attached hydrogens (tertiary/aromatic N) is 4. The average molecular weight is 829 g/mol. The van der Waals surface area contributed by atoms with Gasteiger partial charge in [0.25, 0.3) is 0 Å². The summed E-state index contributed by atoms with van der Waals surface area (Å²) in [6.07, 6.45) is 9.16. The number of ether oxygens (including phenoxy) is 1. The average Bonchev–Trinajstić information content (AvgIpc) is 3.73. The van der Waals surface area contributed by atoms with Gasteiger partial charge in [0.1, 0.15) is 5.69 Å². The Balaban J connectivity index is 0.000000179. The highest BCUT2D eigenvalue weighted by Crippen LogP contribution is 2.34. The topological polar surface area (TPSA) is 185 Å². The lowest BCUT2D eigenvalue weighted by Crippen LogP contribution is -2.28. The molecule has 0 fully saturated rings. The summed E-state index contributed by atoms with van der Waals surface area (Å²) in [5, 5.41) is 11.8. The summed E-state index contributed by atoms with van der Waals surface area (Å²) in [6, 6.07) is 24.6. The number of hydrogen-bond acceptors (Lipinski definition) is 10. The maximum atomic E-state index is 11.8. The molecule has 2 unspecified atom stereocenters. The zero-order valence-corrected chi connectivity index (χ0v) is 33.5. The van der Waals surface area contributed by atoms with Crippen LogP contribution >= 0.6 is 0 Å². The number of aldehydes is 1. The quantitative estimate of drug-likeness (QED) is 0.133. The second kappa shape index (κ2) is 18.3. The van der Waals surface area contributed by atoms with E-state index in [9.17, 15) is 36.3 Å². The Morgan fingerprint density at radius 2 is 1.43 bits per heavy atom. The normalized spacial score (nSPS) is 16.0. The molecule has 0 saturated carbocycles. The highest BCUT2D eigenvalue weighted by atomic mass is 32.2. The largest absolute Gasteiger partial charge is 0.481 e. The third-order valence-corrected chi connectivity index (χ3v) is 12.4. The number of carboxylic acid groups (broad SMARTS) is 1. The van der Waals surface area contributed by atoms with Crippen LogP contribution in [0.5, 0.6) is 0 Å². The number of hydrogen-bond donors (Lipinski definition) is 1. The van der Waals surface area contributed by atoms with Crippen LogP contribution in [-0.2, 0) is 66.4 Å². The van der Waals surface area contributed by atoms with Crippen molar-refractivity contribution in [2.24, 2.45) is 11.8 Å². The summed E-state index contributed by atoms with van der Waals surface area (Å²) >= 11 is 0. The number of esters is 1. The van der Waals surface area contributed by atoms with Crippen molar-refractivity contribution in [3.05, 3.63) is 120 Å². The van der Waals surface area contributed by atoms with Gasteiger partial charge >= 0.3 is 11.9 Å². The summed E-state index contributed by atoms with van der Waals surface area (Å²) < 4.78 is 54.6. The molecule has 2 aliphatic rings. The Labute approximate surface area is 338 Å². The molecule has 2 aliphatic heterocycles. The number of pyridine rings is 2. The number of carbonyl (C=O) groups excluding carboxylic acids is 2. The van der Waals surface area contributed by atoms with Crippen molar-refractivity contribution < 1.29 is 41.1 Å². The van der Waals surface area contributed by atoms with Crippen LogP contribution in [0.1, 0.15) is 60.3 Å². The first-order chi connectivity index (χ1) is 27.2. The minimum Gasteiger partial charge on any atom is -0.481 e. The summed E-state index contributed by atoms with van der Waals surface area (Å²) in [6.45, 7) is 3.55. The van der Waals surface area contributed by atoms with Crippen molar-refractivity contribution in [1.82, 2.24) is 19.1 Å². The molecule has 0 amide bonds. The molecule has 0 radical (unpaired) electrons. The number of aromatic nitrogens is 4. The fourth-order valence-corrected chi connectivity index (χ4v) is 8.44. The van der Waals surface area contributed by atoms with E-state index in [2.05, 4.69) is 49.4 Å². The van der Waals surface area contributed by atoms with Gasteiger partial charge in [0, 0.05) is 77.9 Å². The number of fused-ring (bicyclic) bond motifs is 6. The van der Waals surface area contributed by atoms with Crippen molar-refractivity contribution >= 4 is 59.7 Å². The SMILES string of the molecule is C.CCOC(=O)C1CCc2cc3ccccc3n2C1.CS(=O)(=O)c1ccc(C=O)nc1.CS(=O)(=O)c1ccc(Cc2c3n(c4ccccc24)CC(C(=O)O)CC3)nc1. The third-order valence-electron chi connectivity index (χ3n) is 10.2. The first-order valence-corrected chi connectivity index (χ1v) is 22.3. The van der Waals surface area contributed by atoms with E-state index in [4.69, 9.17) is 4.74 Å². The molecule has 8 rings (SSSR count). The molecule has 6 heterocycles. The Bertz CT molecular complexity index is 2650. The highest BCUT2D eigenvalue weighted by Gasteiger charge is 2.29. The van der Waals surface area contributed by atoms with Gasteiger partial charge in [-0.15, -0.1) is 0 Å². The number of aryl methyl sites for hydroxylation is 1. The fraction of sp³-hybridized carbons (Fsp3) is 0.326. The van der Waals surface area contributed by atoms with E-state index in [1.54, 1.807) is 12.1 Å². The zero-order chi connectivity index (χ0) is 40.9. The Morgan fingerprint density at radius 1 is 0.810 bits per heavy atom. The van der Waals surface area contributed by atoms with Gasteiger partial charge in [-0.3, -0.25) is 24.4 Å². The molecule has 13 nitrogen and oxygen atoms in total. The van der Waals surface area contributed by atoms with Crippen LogP contribution in [0.4, 0.5) is 0 Å². The van der Waals surface area contributed by atoms with E-state index >= 15 is 0 Å². The van der Waals surface area contributed by atoms with Gasteiger partial charge in [0.05, 0.1) is 28.2 Å². The third kappa shape index (κ3) is 9.88. The molecular weight excluding hydrogens is 781 g/mol. The monoisotopic (exact) mass is 828 g/mol. The van der Waals surface area contributed by atoms with Gasteiger partial charge in [-0.05, 0) is 86.0 Å². The van der Waals surface area contributed by atoms with Gasteiger partial charge in [-0.1, -0.05) is 43.8 Å². The standard InChI is InChI=1S/C20H20N2O4S.C15H17NO2.C7H7NO3S.CH4/c1-27(25,26)15-8-7-14(21-11-15)10-17-16-4-2-3-5-18(16)22-12-13(20(23)24)6-9-19(17)22;1-2-18-15(17)12-7-8-13-9-11-5-3-4-6-14(11)16(13)10-12;1-12(10,11)7-3-2-6(5-9)8-4-7;/h2-5,7-8,11,13H,6,9-10,12H2,1H3,(H,23,24);3-6,9,12H,2,7-8,10H2,1H3;2-5H,1H3;1H4. The lowest BCUT2D eigenvalue weighted by Gasteiger charge is -2.23. The molecule has 0 bridgehead atoms. The second-order valence-corrected chi connectivity index (χ2v) is 18.2. The lowest BCUT2D eigenvalue weighted by molar-refractivity contribution is -0.149. The van der Waals surface area contributed by atoms with E-state index < -0.39 is 25.6 Å². The van der Waals surface area contributed by atoms with Crippen LogP contribution < -0.4 is 0 Å². The predicted octanol–water partition coefficient (Wildman–Crippen LogP) is 6.38. The molecule has 1 N–H and O–H groups in total. The van der Waals surface area contributed by atoms with Gasteiger partial charge in [-0.25, -0.2) is 16.8 Å². The van der Waals surface area contributed by atoms with Gasteiger partial charge in [0.2, 0.25) is 0 Å². The summed E-state index contributed by atoms with van der Waals surface area (Å²) in [7, 11) is -6.47. The van der Waals surface area contributed by atoms with E-state index in [-0.39, 0.29) is 40.7 Å². The predicted molar refractivity (Wildman–Crippen MR) is 221 cm³/mol. The molecule has 0 aliphatic carbocycles. The number of aliphatic carboxylic acids is 1. The molecule has 0 saturated heterocycles. The van der Waals surface area contributed by atoms with Crippen molar-refractivity contribution in [2.45, 2.75) is 69.3 Å². The molecule has 6 aromatic rings. The van der Waals surface area contributed by atoms with Crippen LogP contribution in [0, 0.1) is 11.8 Å². The highest BCUT2D eigenvalue weighted by molar-refractivity contribution is 7.91. The molecule has 4 aromatic heterocycles. The van der Waals surface area contributed by atoms with Crippen molar-refractivity contribution in [1.29, 1.82) is 0 Å². The summed E-state index contributed by atoms with van der Waals surface area (Å²) in [4.78, 5) is 41.7. The van der Waals surface area contributed by atoms with Crippen molar-refractivity contribution in [3.63, 3.8) is 0 Å². The minimum atomic E-state index is -3.27. The van der Waals surface area contributed by atoms with Crippen molar-refractivity contribution in [2.75, 3.05) is 19.1 Å². The van der Waals surface area contributed by atoms with Crippen LogP contribution in [0.15, 0.2) is 101 Å². The molecule has 58 heavy (non-hydrogen) atoms. The smallest absolute Gasteiger partial charge is 0.310 e. The van der Waals surface area contributed by atoms with Crippen LogP contribution in [0.25, 0.3) is 21.8 Å². The number of benzene rings is 2. The molecule has 0 spiro atoms.